The van der Waals surface area contributed by atoms with Crippen molar-refractivity contribution in [1.29, 1.82) is 0 Å². The van der Waals surface area contributed by atoms with E-state index in [0.717, 1.165) is 16.7 Å². The highest BCUT2D eigenvalue weighted by atomic mass is 35.5. The Morgan fingerprint density at radius 3 is 2.88 bits per heavy atom. The SMILES string of the molecule is Cl.c1ccc2c(c1)nnn2Cc1csnn1. The zero-order valence-electron chi connectivity index (χ0n) is 8.15. The Morgan fingerprint density at radius 2 is 2.06 bits per heavy atom. The van der Waals surface area contributed by atoms with Gasteiger partial charge in [0.25, 0.3) is 0 Å². The summed E-state index contributed by atoms with van der Waals surface area (Å²) in [6.07, 6.45) is 0. The molecule has 0 unspecified atom stereocenters. The molecule has 7 heteroatoms. The summed E-state index contributed by atoms with van der Waals surface area (Å²) in [7, 11) is 0. The average molecular weight is 254 g/mol. The second-order valence-electron chi connectivity index (χ2n) is 3.13. The number of benzene rings is 1. The van der Waals surface area contributed by atoms with Crippen molar-refractivity contribution in [3.8, 4) is 0 Å². The highest BCUT2D eigenvalue weighted by molar-refractivity contribution is 7.03. The van der Waals surface area contributed by atoms with Crippen molar-refractivity contribution in [3.63, 3.8) is 0 Å². The first kappa shape index (κ1) is 11.0. The molecule has 0 aliphatic carbocycles. The van der Waals surface area contributed by atoms with Gasteiger partial charge in [-0.25, -0.2) is 4.68 Å². The molecule has 1 aromatic carbocycles. The van der Waals surface area contributed by atoms with E-state index in [2.05, 4.69) is 19.9 Å². The van der Waals surface area contributed by atoms with Crippen LogP contribution in [0.5, 0.6) is 0 Å². The fraction of sp³-hybridized carbons (Fsp3) is 0.111. The van der Waals surface area contributed by atoms with Crippen LogP contribution in [0.25, 0.3) is 11.0 Å². The Morgan fingerprint density at radius 1 is 1.19 bits per heavy atom. The van der Waals surface area contributed by atoms with Gasteiger partial charge in [-0.2, -0.15) is 0 Å². The first-order valence-electron chi connectivity index (χ1n) is 4.47. The Balaban J connectivity index is 0.000000963. The molecule has 0 radical (unpaired) electrons. The highest BCUT2D eigenvalue weighted by Gasteiger charge is 2.04. The smallest absolute Gasteiger partial charge is 0.113 e. The van der Waals surface area contributed by atoms with Crippen LogP contribution >= 0.6 is 23.9 Å². The van der Waals surface area contributed by atoms with Gasteiger partial charge in [0.15, 0.2) is 0 Å². The lowest BCUT2D eigenvalue weighted by Crippen LogP contribution is -2.01. The maximum absolute atomic E-state index is 4.07. The normalized spacial score (nSPS) is 10.2. The molecule has 0 atom stereocenters. The van der Waals surface area contributed by atoms with Crippen molar-refractivity contribution in [2.24, 2.45) is 0 Å². The number of aromatic nitrogens is 5. The summed E-state index contributed by atoms with van der Waals surface area (Å²) in [6, 6.07) is 7.86. The van der Waals surface area contributed by atoms with Crippen LogP contribution in [0, 0.1) is 0 Å². The van der Waals surface area contributed by atoms with Gasteiger partial charge in [-0.15, -0.1) is 22.6 Å². The van der Waals surface area contributed by atoms with E-state index < -0.39 is 0 Å². The van der Waals surface area contributed by atoms with Crippen LogP contribution in [0.3, 0.4) is 0 Å². The van der Waals surface area contributed by atoms with E-state index in [0.29, 0.717) is 6.54 Å². The Hall–Kier alpha value is -1.53. The van der Waals surface area contributed by atoms with E-state index in [1.54, 1.807) is 0 Å². The Bertz CT molecular complexity index is 576. The average Bonchev–Trinajstić information content (AvgIpc) is 2.89. The minimum Gasteiger partial charge on any atom is -0.239 e. The Labute approximate surface area is 102 Å². The van der Waals surface area contributed by atoms with Crippen molar-refractivity contribution < 1.29 is 0 Å². The summed E-state index contributed by atoms with van der Waals surface area (Å²) in [5, 5.41) is 14.0. The lowest BCUT2D eigenvalue weighted by molar-refractivity contribution is 0.656. The van der Waals surface area contributed by atoms with Crippen LogP contribution < -0.4 is 0 Å². The van der Waals surface area contributed by atoms with Crippen LogP contribution in [-0.4, -0.2) is 24.6 Å². The maximum atomic E-state index is 4.07. The van der Waals surface area contributed by atoms with E-state index in [4.69, 9.17) is 0 Å². The number of halogens is 1. The first-order valence-corrected chi connectivity index (χ1v) is 5.31. The molecule has 3 aromatic rings. The third-order valence-electron chi connectivity index (χ3n) is 2.14. The predicted octanol–water partition coefficient (Wildman–Crippen LogP) is 1.75. The van der Waals surface area contributed by atoms with Gasteiger partial charge in [-0.1, -0.05) is 21.8 Å². The van der Waals surface area contributed by atoms with Gasteiger partial charge >= 0.3 is 0 Å². The Kier molecular flexibility index (Phi) is 3.12. The zero-order valence-corrected chi connectivity index (χ0v) is 9.78. The van der Waals surface area contributed by atoms with Crippen molar-refractivity contribution in [3.05, 3.63) is 35.3 Å². The predicted molar refractivity (Wildman–Crippen MR) is 63.8 cm³/mol. The van der Waals surface area contributed by atoms with E-state index >= 15 is 0 Å². The van der Waals surface area contributed by atoms with Crippen LogP contribution in [0.15, 0.2) is 29.6 Å². The summed E-state index contributed by atoms with van der Waals surface area (Å²) >= 11 is 1.34. The molecule has 0 amide bonds. The quantitative estimate of drug-likeness (QED) is 0.698. The third kappa shape index (κ3) is 1.89. The largest absolute Gasteiger partial charge is 0.239 e. The standard InChI is InChI=1S/C9H7N5S.ClH/c1-2-4-9-8(3-1)11-12-14(9)5-7-6-15-13-10-7;/h1-4,6H,5H2;1H. The van der Waals surface area contributed by atoms with Crippen molar-refractivity contribution in [2.45, 2.75) is 6.54 Å². The van der Waals surface area contributed by atoms with Gasteiger partial charge in [-0.3, -0.25) is 0 Å². The zero-order chi connectivity index (χ0) is 10.1. The van der Waals surface area contributed by atoms with Crippen molar-refractivity contribution >= 4 is 35.0 Å². The van der Waals surface area contributed by atoms with Gasteiger partial charge in [0.2, 0.25) is 0 Å². The van der Waals surface area contributed by atoms with E-state index in [1.807, 2.05) is 34.3 Å². The van der Waals surface area contributed by atoms with Gasteiger partial charge < -0.3 is 0 Å². The molecule has 0 fully saturated rings. The van der Waals surface area contributed by atoms with Crippen molar-refractivity contribution in [2.75, 3.05) is 0 Å². The van der Waals surface area contributed by atoms with Crippen LogP contribution in [0.2, 0.25) is 0 Å². The maximum Gasteiger partial charge on any atom is 0.113 e. The fourth-order valence-electron chi connectivity index (χ4n) is 1.44. The van der Waals surface area contributed by atoms with Gasteiger partial charge in [0.1, 0.15) is 5.52 Å². The summed E-state index contributed by atoms with van der Waals surface area (Å²) in [6.45, 7) is 0.622. The molecule has 2 heterocycles. The molecular formula is C9H8ClN5S. The number of rotatable bonds is 2. The summed E-state index contributed by atoms with van der Waals surface area (Å²) in [5.41, 5.74) is 2.84. The molecule has 0 aliphatic heterocycles. The second kappa shape index (κ2) is 4.54. The molecule has 82 valence electrons. The van der Waals surface area contributed by atoms with Crippen LogP contribution in [-0.2, 0) is 6.54 Å². The fourth-order valence-corrected chi connectivity index (χ4v) is 1.88. The molecule has 3 rings (SSSR count). The molecule has 5 nitrogen and oxygen atoms in total. The molecular weight excluding hydrogens is 246 g/mol. The molecule has 0 saturated heterocycles. The molecule has 0 aliphatic rings. The molecule has 0 N–H and O–H groups in total. The van der Waals surface area contributed by atoms with Crippen LogP contribution in [0.1, 0.15) is 5.69 Å². The number of hydrogen-bond donors (Lipinski definition) is 0. The van der Waals surface area contributed by atoms with E-state index in [-0.39, 0.29) is 12.4 Å². The number of nitrogens with zero attached hydrogens (tertiary/aromatic N) is 5. The molecule has 16 heavy (non-hydrogen) atoms. The molecule has 0 saturated carbocycles. The van der Waals surface area contributed by atoms with E-state index in [9.17, 15) is 0 Å². The van der Waals surface area contributed by atoms with E-state index in [1.165, 1.54) is 11.5 Å². The number of para-hydroxylation sites is 1. The molecule has 0 spiro atoms. The lowest BCUT2D eigenvalue weighted by Gasteiger charge is -1.97. The topological polar surface area (TPSA) is 56.5 Å². The summed E-state index contributed by atoms with van der Waals surface area (Å²) in [4.78, 5) is 0. The monoisotopic (exact) mass is 253 g/mol. The third-order valence-corrected chi connectivity index (χ3v) is 2.69. The number of hydrogen-bond acceptors (Lipinski definition) is 5. The molecule has 2 aromatic heterocycles. The van der Waals surface area contributed by atoms with Gasteiger partial charge in [0, 0.05) is 5.38 Å². The highest BCUT2D eigenvalue weighted by Crippen LogP contribution is 2.11. The second-order valence-corrected chi connectivity index (χ2v) is 3.74. The summed E-state index contributed by atoms with van der Waals surface area (Å²) in [5.74, 6) is 0. The van der Waals surface area contributed by atoms with Crippen LogP contribution in [0.4, 0.5) is 0 Å². The minimum absolute atomic E-state index is 0. The molecule has 0 bridgehead atoms. The first-order chi connectivity index (χ1) is 7.43. The summed E-state index contributed by atoms with van der Waals surface area (Å²) < 4.78 is 5.64. The minimum atomic E-state index is 0. The lowest BCUT2D eigenvalue weighted by atomic mass is 10.3. The number of fused-ring (bicyclic) bond motifs is 1. The van der Waals surface area contributed by atoms with Gasteiger partial charge in [0.05, 0.1) is 17.8 Å². The van der Waals surface area contributed by atoms with Crippen molar-refractivity contribution in [1.82, 2.24) is 24.6 Å². The van der Waals surface area contributed by atoms with Gasteiger partial charge in [-0.05, 0) is 23.7 Å².